The molecule has 5 saturated heterocycles. The van der Waals surface area contributed by atoms with Gasteiger partial charge in [-0.05, 0) is 92.2 Å². The van der Waals surface area contributed by atoms with E-state index in [1.54, 1.807) is 6.92 Å². The molecule has 2 N–H and O–H groups in total. The Hall–Kier alpha value is 0.0738. The highest BCUT2D eigenvalue weighted by Crippen LogP contribution is 2.49. The average Bonchev–Trinajstić information content (AvgIpc) is 3.76. The molecule has 11 heteroatoms. The van der Waals surface area contributed by atoms with Crippen molar-refractivity contribution < 1.29 is 42.7 Å². The van der Waals surface area contributed by atoms with E-state index in [1.807, 2.05) is 6.92 Å². The summed E-state index contributed by atoms with van der Waals surface area (Å²) in [6.45, 7) is 23.8. The summed E-state index contributed by atoms with van der Waals surface area (Å²) in [5.74, 6) is 0.214. The molecular formula is C32H60O9Si2. The summed E-state index contributed by atoms with van der Waals surface area (Å²) in [5.41, 5.74) is -1.47. The van der Waals surface area contributed by atoms with Crippen LogP contribution in [0.1, 0.15) is 73.1 Å². The number of rotatable bonds is 10. The van der Waals surface area contributed by atoms with Crippen LogP contribution in [0.3, 0.4) is 0 Å². The fraction of sp³-hybridized carbons (Fsp3) is 1.00. The molecule has 0 aromatic heterocycles. The van der Waals surface area contributed by atoms with E-state index in [9.17, 15) is 10.2 Å². The lowest BCUT2D eigenvalue weighted by atomic mass is 9.82. The minimum atomic E-state index is -1.92. The average molecular weight is 645 g/mol. The molecule has 0 radical (unpaired) electrons. The number of epoxide rings is 2. The molecular weight excluding hydrogens is 585 g/mol. The highest BCUT2D eigenvalue weighted by atomic mass is 28.4. The maximum absolute atomic E-state index is 10.1. The molecule has 250 valence electrons. The van der Waals surface area contributed by atoms with Gasteiger partial charge in [-0.25, -0.2) is 0 Å². The summed E-state index contributed by atoms with van der Waals surface area (Å²) < 4.78 is 46.7. The van der Waals surface area contributed by atoms with Gasteiger partial charge in [-0.2, -0.15) is 0 Å². The Morgan fingerprint density at radius 1 is 0.814 bits per heavy atom. The summed E-state index contributed by atoms with van der Waals surface area (Å²) in [5, 5.41) is 20.0. The first kappa shape index (κ1) is 34.4. The van der Waals surface area contributed by atoms with Crippen molar-refractivity contribution in [1.82, 2.24) is 0 Å². The van der Waals surface area contributed by atoms with Crippen molar-refractivity contribution in [3.8, 4) is 0 Å². The van der Waals surface area contributed by atoms with Crippen LogP contribution < -0.4 is 0 Å². The topological polar surface area (TPSA) is 112 Å². The molecule has 0 spiro atoms. The lowest BCUT2D eigenvalue weighted by Gasteiger charge is -2.50. The molecule has 0 aromatic carbocycles. The van der Waals surface area contributed by atoms with Gasteiger partial charge in [0.1, 0.15) is 11.7 Å². The van der Waals surface area contributed by atoms with Crippen LogP contribution in [0.4, 0.5) is 0 Å². The van der Waals surface area contributed by atoms with Gasteiger partial charge in [0.05, 0.1) is 72.7 Å². The van der Waals surface area contributed by atoms with Crippen LogP contribution in [0.25, 0.3) is 0 Å². The third-order valence-electron chi connectivity index (χ3n) is 10.2. The first-order valence-corrected chi connectivity index (χ1v) is 23.5. The van der Waals surface area contributed by atoms with Gasteiger partial charge in [-0.15, -0.1) is 0 Å². The quantitative estimate of drug-likeness (QED) is 0.256. The molecule has 43 heavy (non-hydrogen) atoms. The second-order valence-electron chi connectivity index (χ2n) is 16.9. The zero-order chi connectivity index (χ0) is 31.8. The Labute approximate surface area is 261 Å². The standard InChI is InChI=1S/C32H60O9Si2/c1-19-14-22-24(17-31(4,41-43(9,10)11)25(36-22)15-23-29(37-23)20(2)34)35-21-12-13-30(3,40-42(6,7)8)26(38-28(19)21)16-27-32(5,18-33)39-27/h19-29,33-34H,12-18H2,1-11H3/t19-,20+,21+,22+,23+,24-,25-,26+,27-,28-,29+,30-,31+,32-/m1/s1. The molecule has 0 bridgehead atoms. The Morgan fingerprint density at radius 2 is 1.44 bits per heavy atom. The van der Waals surface area contributed by atoms with E-state index < -0.39 is 39.5 Å². The van der Waals surface area contributed by atoms with Crippen molar-refractivity contribution in [3.05, 3.63) is 0 Å². The first-order valence-electron chi connectivity index (χ1n) is 16.7. The zero-order valence-electron chi connectivity index (χ0n) is 28.6. The molecule has 5 aliphatic heterocycles. The van der Waals surface area contributed by atoms with E-state index in [1.165, 1.54) is 0 Å². The van der Waals surface area contributed by atoms with Crippen molar-refractivity contribution >= 4 is 16.6 Å². The molecule has 0 aromatic rings. The molecule has 0 aliphatic carbocycles. The molecule has 5 aliphatic rings. The van der Waals surface area contributed by atoms with E-state index in [2.05, 4.69) is 60.1 Å². The van der Waals surface area contributed by atoms with Gasteiger partial charge in [0, 0.05) is 19.3 Å². The van der Waals surface area contributed by atoms with Crippen molar-refractivity contribution in [2.24, 2.45) is 5.92 Å². The van der Waals surface area contributed by atoms with E-state index in [0.29, 0.717) is 12.8 Å². The van der Waals surface area contributed by atoms with Gasteiger partial charge in [-0.1, -0.05) is 6.92 Å². The molecule has 9 nitrogen and oxygen atoms in total. The molecule has 5 rings (SSSR count). The number of aliphatic hydroxyl groups is 2. The summed E-state index contributed by atoms with van der Waals surface area (Å²) in [6, 6.07) is 0. The third kappa shape index (κ3) is 7.80. The van der Waals surface area contributed by atoms with Crippen molar-refractivity contribution in [3.63, 3.8) is 0 Å². The largest absolute Gasteiger partial charge is 0.410 e. The Morgan fingerprint density at radius 3 is 2.00 bits per heavy atom. The van der Waals surface area contributed by atoms with Crippen molar-refractivity contribution in [2.75, 3.05) is 6.61 Å². The minimum absolute atomic E-state index is 0.00549. The third-order valence-corrected chi connectivity index (χ3v) is 12.4. The summed E-state index contributed by atoms with van der Waals surface area (Å²) in [4.78, 5) is 0. The van der Waals surface area contributed by atoms with Crippen LogP contribution in [-0.4, -0.2) is 111 Å². The minimum Gasteiger partial charge on any atom is -0.410 e. The van der Waals surface area contributed by atoms with Crippen LogP contribution in [0.15, 0.2) is 0 Å². The number of hydrogen-bond acceptors (Lipinski definition) is 9. The van der Waals surface area contributed by atoms with Crippen molar-refractivity contribution in [1.29, 1.82) is 0 Å². The van der Waals surface area contributed by atoms with Gasteiger partial charge in [0.15, 0.2) is 16.6 Å². The second-order valence-corrected chi connectivity index (χ2v) is 25.8. The van der Waals surface area contributed by atoms with E-state index in [-0.39, 0.29) is 67.5 Å². The van der Waals surface area contributed by atoms with E-state index >= 15 is 0 Å². The maximum atomic E-state index is 10.1. The predicted molar refractivity (Wildman–Crippen MR) is 169 cm³/mol. The van der Waals surface area contributed by atoms with E-state index in [0.717, 1.165) is 25.7 Å². The Bertz CT molecular complexity index is 987. The lowest BCUT2D eigenvalue weighted by Crippen LogP contribution is -2.59. The highest BCUT2D eigenvalue weighted by molar-refractivity contribution is 6.70. The molecule has 14 atom stereocenters. The highest BCUT2D eigenvalue weighted by Gasteiger charge is 2.59. The van der Waals surface area contributed by atoms with Crippen LogP contribution in [0, 0.1) is 5.92 Å². The van der Waals surface area contributed by atoms with Gasteiger partial charge in [0.2, 0.25) is 0 Å². The first-order chi connectivity index (χ1) is 19.7. The molecule has 0 saturated carbocycles. The van der Waals surface area contributed by atoms with Crippen molar-refractivity contribution in [2.45, 2.75) is 190 Å². The predicted octanol–water partition coefficient (Wildman–Crippen LogP) is 4.78. The number of fused-ring (bicyclic) bond motifs is 2. The monoisotopic (exact) mass is 644 g/mol. The number of hydrogen-bond donors (Lipinski definition) is 2. The smallest absolute Gasteiger partial charge is 0.184 e. The zero-order valence-corrected chi connectivity index (χ0v) is 30.6. The van der Waals surface area contributed by atoms with Crippen LogP contribution in [0.2, 0.25) is 39.3 Å². The van der Waals surface area contributed by atoms with Gasteiger partial charge >= 0.3 is 0 Å². The van der Waals surface area contributed by atoms with Gasteiger partial charge in [0.25, 0.3) is 0 Å². The summed E-state index contributed by atoms with van der Waals surface area (Å²) in [7, 11) is -3.82. The van der Waals surface area contributed by atoms with Crippen LogP contribution in [0.5, 0.6) is 0 Å². The molecule has 0 unspecified atom stereocenters. The lowest BCUT2D eigenvalue weighted by molar-refractivity contribution is -0.225. The second kappa shape index (κ2) is 11.9. The summed E-state index contributed by atoms with van der Waals surface area (Å²) in [6.07, 6.45) is 3.34. The van der Waals surface area contributed by atoms with Crippen LogP contribution in [-0.2, 0) is 32.5 Å². The maximum Gasteiger partial charge on any atom is 0.184 e. The molecule has 5 fully saturated rings. The van der Waals surface area contributed by atoms with Gasteiger partial charge < -0.3 is 42.7 Å². The fourth-order valence-corrected chi connectivity index (χ4v) is 11.4. The number of aliphatic hydroxyl groups excluding tert-OH is 2. The summed E-state index contributed by atoms with van der Waals surface area (Å²) >= 11 is 0. The Balaban J connectivity index is 1.37. The normalized spacial score (nSPS) is 49.3. The van der Waals surface area contributed by atoms with Crippen LogP contribution >= 0.6 is 0 Å². The van der Waals surface area contributed by atoms with Gasteiger partial charge in [-0.3, -0.25) is 0 Å². The fourth-order valence-electron chi connectivity index (χ4n) is 8.13. The van der Waals surface area contributed by atoms with E-state index in [4.69, 9.17) is 32.5 Å². The molecule has 5 heterocycles. The SMILES string of the molecule is C[C@H](O)[C@@H]1O[C@H]1C[C@H]1O[C@H]2C[C@@H](C)[C@H]3O[C@@H](C[C@H]4O[C@]4(C)CO)[C@](C)(O[Si](C)(C)C)CC[C@@H]3O[C@@H]2C[C@]1(C)O[Si](C)(C)C. The number of ether oxygens (including phenoxy) is 5. The molecule has 0 amide bonds. The Kier molecular flexibility index (Phi) is 9.56.